The fraction of sp³-hybridized carbons (Fsp3) is 0.625. The Kier molecular flexibility index (Phi) is 6.06. The van der Waals surface area contributed by atoms with Gasteiger partial charge in [-0.05, 0) is 44.7 Å². The summed E-state index contributed by atoms with van der Waals surface area (Å²) in [5, 5.41) is 0. The van der Waals surface area contributed by atoms with E-state index < -0.39 is 20.0 Å². The van der Waals surface area contributed by atoms with Gasteiger partial charge >= 0.3 is 0 Å². The van der Waals surface area contributed by atoms with Crippen molar-refractivity contribution in [2.24, 2.45) is 0 Å². The summed E-state index contributed by atoms with van der Waals surface area (Å²) in [6.45, 7) is 5.25. The number of hydrogen-bond donors (Lipinski definition) is 2. The maximum Gasteiger partial charge on any atom is 0.241 e. The zero-order valence-corrected chi connectivity index (χ0v) is 16.1. The van der Waals surface area contributed by atoms with Gasteiger partial charge in [0, 0.05) is 12.6 Å². The van der Waals surface area contributed by atoms with Gasteiger partial charge in [-0.1, -0.05) is 30.5 Å². The van der Waals surface area contributed by atoms with Gasteiger partial charge in [-0.3, -0.25) is 0 Å². The summed E-state index contributed by atoms with van der Waals surface area (Å²) in [5.74, 6) is -0.257. The van der Waals surface area contributed by atoms with E-state index in [9.17, 15) is 16.8 Å². The van der Waals surface area contributed by atoms with E-state index in [1.54, 1.807) is 26.0 Å². The first-order valence-electron chi connectivity index (χ1n) is 8.18. The average molecular weight is 375 g/mol. The van der Waals surface area contributed by atoms with Crippen molar-refractivity contribution in [3.63, 3.8) is 0 Å². The van der Waals surface area contributed by atoms with Gasteiger partial charge in [-0.15, -0.1) is 0 Å². The van der Waals surface area contributed by atoms with Crippen molar-refractivity contribution >= 4 is 20.0 Å². The molecule has 1 aromatic carbocycles. The van der Waals surface area contributed by atoms with Gasteiger partial charge in [0.15, 0.2) is 0 Å². The zero-order chi connectivity index (χ0) is 18.0. The second kappa shape index (κ2) is 7.51. The Balaban J connectivity index is 2.00. The molecular formula is C16H26N2O4S2. The molecule has 0 bridgehead atoms. The Morgan fingerprint density at radius 2 is 1.54 bits per heavy atom. The number of sulfonamides is 2. The summed E-state index contributed by atoms with van der Waals surface area (Å²) in [4.78, 5) is 0.231. The highest BCUT2D eigenvalue weighted by Crippen LogP contribution is 2.21. The van der Waals surface area contributed by atoms with E-state index >= 15 is 0 Å². The van der Waals surface area contributed by atoms with Crippen LogP contribution in [0.2, 0.25) is 0 Å². The van der Waals surface area contributed by atoms with E-state index in [0.29, 0.717) is 11.1 Å². The lowest BCUT2D eigenvalue weighted by atomic mass is 10.1. The van der Waals surface area contributed by atoms with Crippen LogP contribution in [0, 0.1) is 20.8 Å². The molecule has 2 N–H and O–H groups in total. The monoisotopic (exact) mass is 374 g/mol. The predicted octanol–water partition coefficient (Wildman–Crippen LogP) is 1.75. The highest BCUT2D eigenvalue weighted by molar-refractivity contribution is 7.90. The first-order valence-corrected chi connectivity index (χ1v) is 11.3. The van der Waals surface area contributed by atoms with Crippen molar-refractivity contribution in [3.8, 4) is 0 Å². The van der Waals surface area contributed by atoms with Crippen LogP contribution in [0.4, 0.5) is 0 Å². The largest absolute Gasteiger partial charge is 0.241 e. The van der Waals surface area contributed by atoms with Gasteiger partial charge in [-0.2, -0.15) is 0 Å². The molecule has 0 saturated heterocycles. The van der Waals surface area contributed by atoms with Crippen LogP contribution in [-0.2, 0) is 20.0 Å². The summed E-state index contributed by atoms with van der Waals surface area (Å²) in [6.07, 6.45) is 3.77. The zero-order valence-electron chi connectivity index (χ0n) is 14.4. The maximum atomic E-state index is 12.5. The molecule has 1 aromatic rings. The molecule has 0 spiro atoms. The topological polar surface area (TPSA) is 92.3 Å². The third kappa shape index (κ3) is 5.02. The summed E-state index contributed by atoms with van der Waals surface area (Å²) in [5.41, 5.74) is 2.31. The van der Waals surface area contributed by atoms with Crippen molar-refractivity contribution in [2.45, 2.75) is 57.4 Å². The molecule has 24 heavy (non-hydrogen) atoms. The quantitative estimate of drug-likeness (QED) is 0.760. The van der Waals surface area contributed by atoms with Crippen molar-refractivity contribution in [1.29, 1.82) is 0 Å². The first kappa shape index (κ1) is 19.4. The minimum Gasteiger partial charge on any atom is -0.212 e. The molecular weight excluding hydrogens is 348 g/mol. The van der Waals surface area contributed by atoms with E-state index in [1.165, 1.54) is 0 Å². The normalized spacial score (nSPS) is 16.6. The summed E-state index contributed by atoms with van der Waals surface area (Å²) in [6, 6.07) is 3.60. The molecule has 8 heteroatoms. The molecule has 6 nitrogen and oxygen atoms in total. The summed E-state index contributed by atoms with van der Waals surface area (Å²) < 4.78 is 54.1. The SMILES string of the molecule is Cc1cc(C)c(S(=O)(=O)NCCS(=O)(=O)NC2CCCC2)c(C)c1. The number of aryl methyl sites for hydroxylation is 3. The van der Waals surface area contributed by atoms with E-state index in [1.807, 2.05) is 6.92 Å². The Labute approximate surface area is 145 Å². The minimum absolute atomic E-state index is 0.00630. The molecule has 0 aromatic heterocycles. The third-order valence-corrected chi connectivity index (χ3v) is 7.44. The molecule has 2 rings (SSSR count). The molecule has 0 radical (unpaired) electrons. The van der Waals surface area contributed by atoms with E-state index in [0.717, 1.165) is 31.2 Å². The van der Waals surface area contributed by atoms with E-state index in [4.69, 9.17) is 0 Å². The highest BCUT2D eigenvalue weighted by atomic mass is 32.2. The smallest absolute Gasteiger partial charge is 0.212 e. The van der Waals surface area contributed by atoms with Crippen LogP contribution >= 0.6 is 0 Å². The molecule has 136 valence electrons. The second-order valence-corrected chi connectivity index (χ2v) is 10.1. The molecule has 0 atom stereocenters. The van der Waals surface area contributed by atoms with Gasteiger partial charge in [0.2, 0.25) is 20.0 Å². The lowest BCUT2D eigenvalue weighted by Gasteiger charge is -2.15. The van der Waals surface area contributed by atoms with Crippen molar-refractivity contribution < 1.29 is 16.8 Å². The van der Waals surface area contributed by atoms with Crippen molar-refractivity contribution in [3.05, 3.63) is 28.8 Å². The fourth-order valence-electron chi connectivity index (χ4n) is 3.33. The maximum absolute atomic E-state index is 12.5. The average Bonchev–Trinajstić information content (AvgIpc) is 2.88. The Hall–Kier alpha value is -0.960. The van der Waals surface area contributed by atoms with Crippen molar-refractivity contribution in [2.75, 3.05) is 12.3 Å². The lowest BCUT2D eigenvalue weighted by molar-refractivity contribution is 0.550. The van der Waals surface area contributed by atoms with Crippen LogP contribution in [0.3, 0.4) is 0 Å². The predicted molar refractivity (Wildman–Crippen MR) is 95.0 cm³/mol. The van der Waals surface area contributed by atoms with Gasteiger partial charge in [0.25, 0.3) is 0 Å². The molecule has 0 amide bonds. The molecule has 1 fully saturated rings. The molecule has 1 saturated carbocycles. The lowest BCUT2D eigenvalue weighted by Crippen LogP contribution is -2.38. The molecule has 0 unspecified atom stereocenters. The second-order valence-electron chi connectivity index (χ2n) is 6.54. The van der Waals surface area contributed by atoms with Crippen LogP contribution in [0.1, 0.15) is 42.4 Å². The summed E-state index contributed by atoms with van der Waals surface area (Å²) >= 11 is 0. The van der Waals surface area contributed by atoms with Crippen molar-refractivity contribution in [1.82, 2.24) is 9.44 Å². The number of benzene rings is 1. The molecule has 0 heterocycles. The summed E-state index contributed by atoms with van der Waals surface area (Å²) in [7, 11) is -7.20. The fourth-order valence-corrected chi connectivity index (χ4v) is 6.17. The molecule has 1 aliphatic rings. The highest BCUT2D eigenvalue weighted by Gasteiger charge is 2.23. The van der Waals surface area contributed by atoms with Crippen LogP contribution in [0.15, 0.2) is 17.0 Å². The Morgan fingerprint density at radius 1 is 1.00 bits per heavy atom. The Morgan fingerprint density at radius 3 is 2.08 bits per heavy atom. The van der Waals surface area contributed by atoms with E-state index in [2.05, 4.69) is 9.44 Å². The molecule has 0 aliphatic heterocycles. The number of rotatable bonds is 7. The molecule has 1 aliphatic carbocycles. The Bertz CT molecular complexity index is 772. The van der Waals surface area contributed by atoms with Crippen LogP contribution in [0.25, 0.3) is 0 Å². The van der Waals surface area contributed by atoms with Crippen LogP contribution in [-0.4, -0.2) is 35.2 Å². The van der Waals surface area contributed by atoms with Gasteiger partial charge in [-0.25, -0.2) is 26.3 Å². The van der Waals surface area contributed by atoms with E-state index in [-0.39, 0.29) is 23.2 Å². The number of nitrogens with one attached hydrogen (secondary N) is 2. The first-order chi connectivity index (χ1) is 11.1. The van der Waals surface area contributed by atoms with Gasteiger partial charge in [0.05, 0.1) is 10.6 Å². The minimum atomic E-state index is -3.73. The third-order valence-electron chi connectivity index (χ3n) is 4.24. The van der Waals surface area contributed by atoms with Gasteiger partial charge in [0.1, 0.15) is 0 Å². The standard InChI is InChI=1S/C16H26N2O4S2/c1-12-10-13(2)16(14(3)11-12)24(21,22)17-8-9-23(19,20)18-15-6-4-5-7-15/h10-11,15,17-18H,4-9H2,1-3H3. The van der Waals surface area contributed by atoms with Gasteiger partial charge < -0.3 is 0 Å². The number of hydrogen-bond acceptors (Lipinski definition) is 4. The van der Waals surface area contributed by atoms with Crippen LogP contribution in [0.5, 0.6) is 0 Å². The van der Waals surface area contributed by atoms with Crippen LogP contribution < -0.4 is 9.44 Å².